The zero-order valence-electron chi connectivity index (χ0n) is 21.8. The maximum atomic E-state index is 6.25. The zero-order valence-corrected chi connectivity index (χ0v) is 21.8. The van der Waals surface area contributed by atoms with Crippen LogP contribution >= 0.6 is 0 Å². The third-order valence-corrected chi connectivity index (χ3v) is 7.38. The van der Waals surface area contributed by atoms with Gasteiger partial charge in [-0.05, 0) is 25.2 Å². The molecule has 2 aromatic rings. The molecule has 1 aromatic carbocycles. The normalized spacial score (nSPS) is 14.0. The second-order valence-corrected chi connectivity index (χ2v) is 10.3. The zero-order chi connectivity index (χ0) is 23.7. The number of nitrogens with zero attached hydrogens (tertiary/aromatic N) is 2. The van der Waals surface area contributed by atoms with Gasteiger partial charge in [0.25, 0.3) is 0 Å². The Morgan fingerprint density at radius 3 is 2.24 bits per heavy atom. The highest BCUT2D eigenvalue weighted by Gasteiger charge is 2.14. The lowest BCUT2D eigenvalue weighted by Gasteiger charge is -2.12. The Hall–Kier alpha value is -1.90. The van der Waals surface area contributed by atoms with Crippen LogP contribution in [0.25, 0.3) is 11.4 Å². The van der Waals surface area contributed by atoms with Gasteiger partial charge in [0.2, 0.25) is 5.88 Å². The molecule has 0 amide bonds. The smallest absolute Gasteiger partial charge is 0.220 e. The first-order valence-corrected chi connectivity index (χ1v) is 14.4. The van der Waals surface area contributed by atoms with Crippen molar-refractivity contribution in [3.63, 3.8) is 0 Å². The second kappa shape index (κ2) is 16.7. The van der Waals surface area contributed by atoms with Crippen LogP contribution in [-0.4, -0.2) is 16.6 Å². The summed E-state index contributed by atoms with van der Waals surface area (Å²) >= 11 is 0. The summed E-state index contributed by atoms with van der Waals surface area (Å²) in [6, 6.07) is 10.3. The number of hydrogen-bond acceptors (Lipinski definition) is 3. The molecule has 0 unspecified atom stereocenters. The molecule has 0 N–H and O–H groups in total. The van der Waals surface area contributed by atoms with Crippen LogP contribution in [0.1, 0.15) is 122 Å². The highest BCUT2D eigenvalue weighted by molar-refractivity contribution is 5.55. The van der Waals surface area contributed by atoms with Gasteiger partial charge < -0.3 is 4.74 Å². The summed E-state index contributed by atoms with van der Waals surface area (Å²) < 4.78 is 6.25. The number of benzene rings is 1. The molecule has 34 heavy (non-hydrogen) atoms. The first-order valence-electron chi connectivity index (χ1n) is 14.4. The maximum absolute atomic E-state index is 6.25. The van der Waals surface area contributed by atoms with Crippen molar-refractivity contribution in [1.29, 1.82) is 0 Å². The minimum absolute atomic E-state index is 0.762. The third kappa shape index (κ3) is 10.2. The second-order valence-electron chi connectivity index (χ2n) is 10.3. The van der Waals surface area contributed by atoms with Crippen molar-refractivity contribution >= 4 is 0 Å². The molecule has 1 aliphatic carbocycles. The van der Waals surface area contributed by atoms with Gasteiger partial charge in [-0.15, -0.1) is 0 Å². The Morgan fingerprint density at radius 1 is 0.794 bits per heavy atom. The number of hydrogen-bond donors (Lipinski definition) is 0. The quantitative estimate of drug-likeness (QED) is 0.206. The molecule has 0 aliphatic heterocycles. The van der Waals surface area contributed by atoms with Gasteiger partial charge in [0.1, 0.15) is 0 Å². The molecule has 1 aliphatic rings. The Bertz CT molecular complexity index is 770. The highest BCUT2D eigenvalue weighted by Crippen LogP contribution is 2.29. The summed E-state index contributed by atoms with van der Waals surface area (Å²) in [5.41, 5.74) is 2.22. The monoisotopic (exact) mass is 464 g/mol. The van der Waals surface area contributed by atoms with E-state index in [2.05, 4.69) is 24.0 Å². The van der Waals surface area contributed by atoms with Gasteiger partial charge in [-0.2, -0.15) is 4.98 Å². The van der Waals surface area contributed by atoms with Crippen molar-refractivity contribution in [2.24, 2.45) is 5.92 Å². The number of unbranched alkanes of at least 4 members (excludes halogenated alkanes) is 10. The van der Waals surface area contributed by atoms with E-state index in [9.17, 15) is 0 Å². The molecule has 1 saturated carbocycles. The van der Waals surface area contributed by atoms with Crippen LogP contribution in [-0.2, 0) is 6.42 Å². The SMILES string of the molecule is CCCCCCCCCc1cnc(-c2ccccc2)nc1OCCCCCCCC1CCCC1. The molecule has 1 fully saturated rings. The molecule has 3 nitrogen and oxygen atoms in total. The summed E-state index contributed by atoms with van der Waals surface area (Å²) in [6.07, 6.45) is 26.1. The van der Waals surface area contributed by atoms with E-state index >= 15 is 0 Å². The van der Waals surface area contributed by atoms with Crippen molar-refractivity contribution in [1.82, 2.24) is 9.97 Å². The van der Waals surface area contributed by atoms with Gasteiger partial charge in [-0.3, -0.25) is 0 Å². The minimum Gasteiger partial charge on any atom is -0.477 e. The predicted molar refractivity (Wildman–Crippen MR) is 144 cm³/mol. The molecular formula is C31H48N2O. The van der Waals surface area contributed by atoms with Gasteiger partial charge in [-0.25, -0.2) is 4.98 Å². The summed E-state index contributed by atoms with van der Waals surface area (Å²) in [6.45, 7) is 3.04. The largest absolute Gasteiger partial charge is 0.477 e. The van der Waals surface area contributed by atoms with Crippen LogP contribution in [0.4, 0.5) is 0 Å². The van der Waals surface area contributed by atoms with Crippen molar-refractivity contribution in [2.45, 2.75) is 122 Å². The van der Waals surface area contributed by atoms with E-state index in [1.54, 1.807) is 0 Å². The fourth-order valence-electron chi connectivity index (χ4n) is 5.22. The fraction of sp³-hybridized carbons (Fsp3) is 0.677. The highest BCUT2D eigenvalue weighted by atomic mass is 16.5. The van der Waals surface area contributed by atoms with Crippen molar-refractivity contribution in [2.75, 3.05) is 6.61 Å². The molecule has 0 saturated heterocycles. The van der Waals surface area contributed by atoms with Crippen LogP contribution in [0.2, 0.25) is 0 Å². The van der Waals surface area contributed by atoms with Crippen LogP contribution in [0.3, 0.4) is 0 Å². The molecule has 3 rings (SSSR count). The van der Waals surface area contributed by atoms with Gasteiger partial charge in [-0.1, -0.05) is 134 Å². The predicted octanol–water partition coefficient (Wildman–Crippen LogP) is 9.35. The topological polar surface area (TPSA) is 35.0 Å². The van der Waals surface area contributed by atoms with Crippen LogP contribution in [0.15, 0.2) is 36.5 Å². The summed E-state index contributed by atoms with van der Waals surface area (Å²) in [5, 5.41) is 0. The minimum atomic E-state index is 0.762. The standard InChI is InChI=1S/C31H48N2O/c1-2-3-4-5-6-9-13-24-29-26-32-30(28-22-14-11-15-23-28)33-31(29)34-25-18-10-7-8-12-19-27-20-16-17-21-27/h11,14-15,22-23,26-27H,2-10,12-13,16-21,24-25H2,1H3. The summed E-state index contributed by atoms with van der Waals surface area (Å²) in [4.78, 5) is 9.51. The Kier molecular flexibility index (Phi) is 13.1. The molecule has 1 heterocycles. The van der Waals surface area contributed by atoms with E-state index < -0.39 is 0 Å². The summed E-state index contributed by atoms with van der Waals surface area (Å²) in [7, 11) is 0. The fourth-order valence-corrected chi connectivity index (χ4v) is 5.22. The van der Waals surface area contributed by atoms with E-state index in [0.29, 0.717) is 0 Å². The molecular weight excluding hydrogens is 416 g/mol. The third-order valence-electron chi connectivity index (χ3n) is 7.38. The molecule has 0 radical (unpaired) electrons. The van der Waals surface area contributed by atoms with E-state index in [1.165, 1.54) is 108 Å². The molecule has 1 aromatic heterocycles. The number of ether oxygens (including phenoxy) is 1. The molecule has 0 atom stereocenters. The molecule has 3 heteroatoms. The number of aromatic nitrogens is 2. The van der Waals surface area contributed by atoms with Gasteiger partial charge in [0.05, 0.1) is 6.61 Å². The molecule has 0 spiro atoms. The number of rotatable bonds is 18. The van der Waals surface area contributed by atoms with Crippen LogP contribution in [0.5, 0.6) is 5.88 Å². The average molecular weight is 465 g/mol. The maximum Gasteiger partial charge on any atom is 0.220 e. The Labute approximate surface area is 209 Å². The van der Waals surface area contributed by atoms with E-state index in [1.807, 2.05) is 24.4 Å². The van der Waals surface area contributed by atoms with Crippen LogP contribution in [0, 0.1) is 5.92 Å². The average Bonchev–Trinajstić information content (AvgIpc) is 3.40. The van der Waals surface area contributed by atoms with Gasteiger partial charge in [0.15, 0.2) is 5.82 Å². The lowest BCUT2D eigenvalue weighted by molar-refractivity contribution is 0.289. The molecule has 0 bridgehead atoms. The first kappa shape index (κ1) is 26.7. The first-order chi connectivity index (χ1) is 16.9. The Balaban J connectivity index is 1.41. The van der Waals surface area contributed by atoms with Crippen LogP contribution < -0.4 is 4.74 Å². The van der Waals surface area contributed by atoms with E-state index in [4.69, 9.17) is 9.72 Å². The lowest BCUT2D eigenvalue weighted by Crippen LogP contribution is -2.05. The van der Waals surface area contributed by atoms with E-state index in [-0.39, 0.29) is 0 Å². The van der Waals surface area contributed by atoms with E-state index in [0.717, 1.165) is 42.6 Å². The van der Waals surface area contributed by atoms with Crippen molar-refractivity contribution in [3.05, 3.63) is 42.1 Å². The van der Waals surface area contributed by atoms with Gasteiger partial charge >= 0.3 is 0 Å². The van der Waals surface area contributed by atoms with Crippen molar-refractivity contribution in [3.8, 4) is 17.3 Å². The number of aryl methyl sites for hydroxylation is 1. The Morgan fingerprint density at radius 2 is 1.47 bits per heavy atom. The lowest BCUT2D eigenvalue weighted by atomic mass is 9.99. The summed E-state index contributed by atoms with van der Waals surface area (Å²) in [5.74, 6) is 2.61. The molecule has 188 valence electrons. The van der Waals surface area contributed by atoms with Crippen molar-refractivity contribution < 1.29 is 4.74 Å². The van der Waals surface area contributed by atoms with Gasteiger partial charge in [0, 0.05) is 17.3 Å².